The van der Waals surface area contributed by atoms with Gasteiger partial charge in [0.1, 0.15) is 6.54 Å². The number of aromatic nitrogens is 3. The molecular weight excluding hydrogens is 618 g/mol. The minimum Gasteiger partial charge on any atom is -0.382 e. The van der Waals surface area contributed by atoms with Crippen molar-refractivity contribution in [2.75, 3.05) is 12.3 Å². The lowest BCUT2D eigenvalue weighted by Gasteiger charge is -2.19. The van der Waals surface area contributed by atoms with Gasteiger partial charge in [-0.25, -0.2) is 22.6 Å². The maximum Gasteiger partial charge on any atom is 0.416 e. The van der Waals surface area contributed by atoms with E-state index >= 15 is 0 Å². The highest BCUT2D eigenvalue weighted by atomic mass is 35.5. The molecule has 0 spiro atoms. The van der Waals surface area contributed by atoms with E-state index in [1.165, 1.54) is 37.3 Å². The first kappa shape index (κ1) is 33.3. The van der Waals surface area contributed by atoms with E-state index in [1.807, 2.05) is 0 Å². The van der Waals surface area contributed by atoms with Crippen molar-refractivity contribution in [3.63, 3.8) is 0 Å². The average molecular weight is 643 g/mol. The maximum atomic E-state index is 13.3. The Morgan fingerprint density at radius 2 is 1.74 bits per heavy atom. The molecule has 0 fully saturated rings. The number of aliphatic hydroxyl groups is 1. The van der Waals surface area contributed by atoms with Crippen LogP contribution >= 0.6 is 11.6 Å². The molecule has 1 heterocycles. The molecule has 17 heteroatoms. The Labute approximate surface area is 240 Å². The smallest absolute Gasteiger partial charge is 0.382 e. The highest BCUT2D eigenvalue weighted by Crippen LogP contribution is 2.32. The van der Waals surface area contributed by atoms with E-state index in [1.54, 1.807) is 0 Å². The molecule has 0 amide bonds. The van der Waals surface area contributed by atoms with Gasteiger partial charge in [-0.3, -0.25) is 9.36 Å². The number of carbonyl (C=O) groups excluding carboxylic acids is 1. The van der Waals surface area contributed by atoms with Crippen molar-refractivity contribution in [2.24, 2.45) is 0 Å². The van der Waals surface area contributed by atoms with Crippen molar-refractivity contribution < 1.29 is 44.7 Å². The molecule has 0 saturated carbocycles. The summed E-state index contributed by atoms with van der Waals surface area (Å²) in [6.07, 6.45) is -13.3. The van der Waals surface area contributed by atoms with Gasteiger partial charge < -0.3 is 5.11 Å². The fraction of sp³-hybridized carbons (Fsp3) is 0.400. The molecule has 42 heavy (non-hydrogen) atoms. The number of alkyl halides is 6. The van der Waals surface area contributed by atoms with E-state index in [9.17, 15) is 49.5 Å². The van der Waals surface area contributed by atoms with Gasteiger partial charge >= 0.3 is 18.0 Å². The fourth-order valence-electron chi connectivity index (χ4n) is 3.91. The lowest BCUT2D eigenvalue weighted by atomic mass is 9.92. The molecule has 2 aromatic carbocycles. The van der Waals surface area contributed by atoms with Gasteiger partial charge in [-0.2, -0.15) is 26.3 Å². The molecule has 2 N–H and O–H groups in total. The monoisotopic (exact) mass is 642 g/mol. The Hall–Kier alpha value is -3.21. The molecule has 0 aliphatic heterocycles. The summed E-state index contributed by atoms with van der Waals surface area (Å²) in [5, 5.41) is 13.8. The lowest BCUT2D eigenvalue weighted by Crippen LogP contribution is -2.37. The van der Waals surface area contributed by atoms with Gasteiger partial charge in [0.2, 0.25) is 10.0 Å². The topological polar surface area (TPSA) is 123 Å². The van der Waals surface area contributed by atoms with Crippen molar-refractivity contribution in [1.82, 2.24) is 19.1 Å². The number of Topliss-reactive ketones (excluding diaryl/α,β-unsaturated/α-hetero) is 1. The molecule has 0 radical (unpaired) electrons. The van der Waals surface area contributed by atoms with E-state index in [-0.39, 0.29) is 27.7 Å². The van der Waals surface area contributed by atoms with Gasteiger partial charge in [0, 0.05) is 29.5 Å². The summed E-state index contributed by atoms with van der Waals surface area (Å²) < 4.78 is 106. The molecule has 0 saturated heterocycles. The minimum absolute atomic E-state index is 0.00925. The van der Waals surface area contributed by atoms with Crippen LogP contribution in [-0.2, 0) is 34.1 Å². The van der Waals surface area contributed by atoms with Crippen LogP contribution in [0, 0.1) is 0 Å². The van der Waals surface area contributed by atoms with E-state index in [2.05, 4.69) is 9.82 Å². The van der Waals surface area contributed by atoms with Crippen LogP contribution in [-0.4, -0.2) is 58.2 Å². The molecule has 0 bridgehead atoms. The number of nitrogens with one attached hydrogen (secondary N) is 1. The molecule has 9 nitrogen and oxygen atoms in total. The third-order valence-corrected chi connectivity index (χ3v) is 7.79. The summed E-state index contributed by atoms with van der Waals surface area (Å²) in [6, 6.07) is 9.44. The normalized spacial score (nSPS) is 14.1. The molecular formula is C25H25ClF6N4O5S. The number of carbonyl (C=O) groups is 1. The fourth-order valence-corrected chi connectivity index (χ4v) is 4.70. The first-order valence-electron chi connectivity index (χ1n) is 12.3. The van der Waals surface area contributed by atoms with Crippen molar-refractivity contribution in [1.29, 1.82) is 0 Å². The van der Waals surface area contributed by atoms with E-state index in [0.717, 1.165) is 18.2 Å². The number of rotatable bonds is 12. The number of ketones is 1. The van der Waals surface area contributed by atoms with Crippen LogP contribution in [0.1, 0.15) is 30.4 Å². The number of aliphatic hydroxyl groups excluding tert-OH is 1. The van der Waals surface area contributed by atoms with Crippen LogP contribution in [0.2, 0.25) is 5.02 Å². The summed E-state index contributed by atoms with van der Waals surface area (Å²) in [4.78, 5) is 26.1. The molecule has 1 unspecified atom stereocenters. The zero-order valence-electron chi connectivity index (χ0n) is 21.8. The van der Waals surface area contributed by atoms with Gasteiger partial charge in [0.05, 0.1) is 17.9 Å². The summed E-state index contributed by atoms with van der Waals surface area (Å²) in [5.41, 5.74) is -2.06. The number of hydrogen-bond acceptors (Lipinski definition) is 6. The van der Waals surface area contributed by atoms with Gasteiger partial charge in [-0.1, -0.05) is 29.8 Å². The van der Waals surface area contributed by atoms with Crippen LogP contribution < -0.4 is 10.4 Å². The van der Waals surface area contributed by atoms with Gasteiger partial charge in [0.25, 0.3) is 0 Å². The van der Waals surface area contributed by atoms with Crippen LogP contribution in [0.4, 0.5) is 26.3 Å². The molecule has 0 aliphatic carbocycles. The number of sulfonamides is 1. The van der Waals surface area contributed by atoms with Gasteiger partial charge in [-0.05, 0) is 42.8 Å². The van der Waals surface area contributed by atoms with Crippen LogP contribution in [0.15, 0.2) is 53.3 Å². The van der Waals surface area contributed by atoms with Crippen LogP contribution in [0.3, 0.4) is 0 Å². The number of hydrogen-bond donors (Lipinski definition) is 2. The van der Waals surface area contributed by atoms with Crippen molar-refractivity contribution in [3.05, 3.63) is 75.2 Å². The molecule has 3 rings (SSSR count). The highest BCUT2D eigenvalue weighted by molar-refractivity contribution is 7.89. The molecule has 1 aromatic heterocycles. The first-order chi connectivity index (χ1) is 19.4. The summed E-state index contributed by atoms with van der Waals surface area (Å²) in [7, 11) is -3.80. The standard InChI is InChI=1S/C25H25ClF6N4O5S/c1-2-42(40,41)33-12-17(16-4-3-5-18(10-16)24(27,28)29)11-20(37)13-36-23(39)35(14-21(38)25(30,31)32)22(34-36)15-6-8-19(26)9-7-15/h3-10,17,21,33,38H,2,11-14H2,1H3/t17?,21-/m0/s1. The highest BCUT2D eigenvalue weighted by Gasteiger charge is 2.39. The van der Waals surface area contributed by atoms with Gasteiger partial charge in [-0.15, -0.1) is 5.10 Å². The Bertz CT molecular complexity index is 1570. The summed E-state index contributed by atoms with van der Waals surface area (Å²) >= 11 is 5.85. The quantitative estimate of drug-likeness (QED) is 0.288. The first-order valence-corrected chi connectivity index (χ1v) is 14.3. The third-order valence-electron chi connectivity index (χ3n) is 6.17. The van der Waals surface area contributed by atoms with Gasteiger partial charge in [0.15, 0.2) is 17.7 Å². The Morgan fingerprint density at radius 3 is 2.31 bits per heavy atom. The zero-order chi connectivity index (χ0) is 31.5. The minimum atomic E-state index is -5.07. The third kappa shape index (κ3) is 8.65. The molecule has 3 aromatic rings. The van der Waals surface area contributed by atoms with E-state index in [4.69, 9.17) is 11.6 Å². The van der Waals surface area contributed by atoms with Crippen molar-refractivity contribution in [3.8, 4) is 11.4 Å². The molecule has 0 aliphatic rings. The second-order valence-electron chi connectivity index (χ2n) is 9.25. The predicted molar refractivity (Wildman–Crippen MR) is 140 cm³/mol. The van der Waals surface area contributed by atoms with Crippen LogP contribution in [0.25, 0.3) is 11.4 Å². The number of halogens is 7. The second-order valence-corrected chi connectivity index (χ2v) is 11.8. The van der Waals surface area contributed by atoms with E-state index in [0.29, 0.717) is 9.25 Å². The Morgan fingerprint density at radius 1 is 1.10 bits per heavy atom. The number of benzene rings is 2. The average Bonchev–Trinajstić information content (AvgIpc) is 3.20. The van der Waals surface area contributed by atoms with Crippen LogP contribution in [0.5, 0.6) is 0 Å². The molecule has 2 atom stereocenters. The summed E-state index contributed by atoms with van der Waals surface area (Å²) in [5.74, 6) is -2.51. The van der Waals surface area contributed by atoms with Crippen molar-refractivity contribution in [2.45, 2.75) is 50.8 Å². The largest absolute Gasteiger partial charge is 0.416 e. The summed E-state index contributed by atoms with van der Waals surface area (Å²) in [6.45, 7) is -1.14. The zero-order valence-corrected chi connectivity index (χ0v) is 23.4. The number of nitrogens with zero attached hydrogens (tertiary/aromatic N) is 3. The van der Waals surface area contributed by atoms with Crippen molar-refractivity contribution >= 4 is 27.4 Å². The SMILES string of the molecule is CCS(=O)(=O)NCC(CC(=O)Cn1nc(-c2ccc(Cl)cc2)n(C[C@H](O)C(F)(F)F)c1=O)c1cccc(C(F)(F)F)c1. The predicted octanol–water partition coefficient (Wildman–Crippen LogP) is 3.99. The Kier molecular flexibility index (Phi) is 10.3. The maximum absolute atomic E-state index is 13.3. The van der Waals surface area contributed by atoms with E-state index < -0.39 is 77.5 Å². The molecule has 230 valence electrons. The lowest BCUT2D eigenvalue weighted by molar-refractivity contribution is -0.207. The Balaban J connectivity index is 1.95. The second kappa shape index (κ2) is 13.0.